The van der Waals surface area contributed by atoms with Crippen LogP contribution in [0, 0.1) is 0 Å². The highest BCUT2D eigenvalue weighted by molar-refractivity contribution is 9.10. The second-order valence-electron chi connectivity index (χ2n) is 4.82. The average Bonchev–Trinajstić information content (AvgIpc) is 2.57. The van der Waals surface area contributed by atoms with Crippen molar-refractivity contribution in [3.8, 4) is 11.5 Å². The number of benzene rings is 1. The van der Waals surface area contributed by atoms with Gasteiger partial charge < -0.3 is 14.8 Å². The molecule has 0 saturated heterocycles. The number of halogens is 1. The smallest absolute Gasteiger partial charge is 0.189 e. The van der Waals surface area contributed by atoms with E-state index in [0.717, 1.165) is 4.47 Å². The molecule has 0 amide bonds. The molecule has 0 fully saturated rings. The summed E-state index contributed by atoms with van der Waals surface area (Å²) in [6, 6.07) is 5.47. The van der Waals surface area contributed by atoms with Crippen LogP contribution in [0.4, 0.5) is 0 Å². The van der Waals surface area contributed by atoms with Crippen LogP contribution >= 0.6 is 15.9 Å². The zero-order valence-corrected chi connectivity index (χ0v) is 12.1. The maximum Gasteiger partial charge on any atom is 0.189 e. The van der Waals surface area contributed by atoms with Crippen LogP contribution in [-0.2, 0) is 0 Å². The van der Waals surface area contributed by atoms with Gasteiger partial charge in [-0.15, -0.1) is 0 Å². The van der Waals surface area contributed by atoms with Gasteiger partial charge >= 0.3 is 0 Å². The second-order valence-corrected chi connectivity index (χ2v) is 5.74. The minimum atomic E-state index is -1.61. The summed E-state index contributed by atoms with van der Waals surface area (Å²) >= 11 is 3.37. The van der Waals surface area contributed by atoms with Gasteiger partial charge in [0.1, 0.15) is 12.4 Å². The Bertz CT molecular complexity index is 594. The van der Waals surface area contributed by atoms with Crippen molar-refractivity contribution in [1.29, 1.82) is 0 Å². The minimum Gasteiger partial charge on any atom is -0.485 e. The molecule has 0 saturated carbocycles. The quantitative estimate of drug-likeness (QED) is 0.714. The highest BCUT2D eigenvalue weighted by Crippen LogP contribution is 2.35. The maximum absolute atomic E-state index is 5.81. The van der Waals surface area contributed by atoms with E-state index in [-0.39, 0.29) is 6.61 Å². The van der Waals surface area contributed by atoms with Crippen molar-refractivity contribution in [1.82, 2.24) is 5.32 Å². The first kappa shape index (κ1) is 14.0. The average molecular weight is 322 g/mol. The lowest BCUT2D eigenvalue weighted by Gasteiger charge is -2.35. The van der Waals surface area contributed by atoms with Gasteiger partial charge in [-0.1, -0.05) is 15.9 Å². The van der Waals surface area contributed by atoms with Crippen molar-refractivity contribution >= 4 is 53.2 Å². The third-order valence-electron chi connectivity index (χ3n) is 3.17. The molecule has 1 unspecified atom stereocenters. The molecule has 0 bridgehead atoms. The Morgan fingerprint density at radius 3 is 2.65 bits per heavy atom. The van der Waals surface area contributed by atoms with Gasteiger partial charge in [0.15, 0.2) is 17.6 Å². The first-order valence-electron chi connectivity index (χ1n) is 5.91. The summed E-state index contributed by atoms with van der Waals surface area (Å²) in [7, 11) is 23.0. The van der Waals surface area contributed by atoms with E-state index in [1.165, 1.54) is 0 Å². The molecule has 1 atom stereocenters. The Kier molecular flexibility index (Phi) is 3.16. The minimum absolute atomic E-state index is 0.257. The van der Waals surface area contributed by atoms with Gasteiger partial charge in [-0.3, -0.25) is 4.99 Å². The van der Waals surface area contributed by atoms with Crippen LogP contribution in [0.1, 0.15) is 0 Å². The van der Waals surface area contributed by atoms with Gasteiger partial charge in [0, 0.05) is 4.47 Å². The molecule has 2 aliphatic heterocycles. The van der Waals surface area contributed by atoms with E-state index < -0.39 is 16.8 Å². The van der Waals surface area contributed by atoms with Crippen molar-refractivity contribution in [3.63, 3.8) is 0 Å². The van der Waals surface area contributed by atoms with E-state index in [2.05, 4.69) is 26.2 Å². The molecule has 9 heteroatoms. The molecule has 0 aromatic heterocycles. The van der Waals surface area contributed by atoms with Gasteiger partial charge in [-0.25, -0.2) is 0 Å². The number of fused-ring (bicyclic) bond motifs is 1. The van der Waals surface area contributed by atoms with E-state index in [4.69, 9.17) is 40.9 Å². The summed E-state index contributed by atoms with van der Waals surface area (Å²) in [6.45, 7) is 0.257. The van der Waals surface area contributed by atoms with Crippen LogP contribution in [0.5, 0.6) is 11.5 Å². The van der Waals surface area contributed by atoms with Gasteiger partial charge in [-0.2, -0.15) is 0 Å². The van der Waals surface area contributed by atoms with Crippen molar-refractivity contribution < 1.29 is 9.47 Å². The fourth-order valence-electron chi connectivity index (χ4n) is 1.97. The maximum atomic E-state index is 5.81. The van der Waals surface area contributed by atoms with Crippen molar-refractivity contribution in [2.75, 3.05) is 6.61 Å². The molecule has 0 aliphatic carbocycles. The first-order valence-corrected chi connectivity index (χ1v) is 6.70. The standard InChI is InChI=1S/C11H7B4BrN2O2/c12-10(13)11(14,15)18-9(17-10)8-4-19-6-2-1-5(16)3-7(6)20-8/h1-3,8H,4H2,(H,17,18). The van der Waals surface area contributed by atoms with Crippen LogP contribution in [0.2, 0.25) is 0 Å². The second kappa shape index (κ2) is 4.52. The monoisotopic (exact) mass is 322 g/mol. The van der Waals surface area contributed by atoms with E-state index >= 15 is 0 Å². The number of hydrogen-bond donors (Lipinski definition) is 1. The third-order valence-corrected chi connectivity index (χ3v) is 3.67. The fourth-order valence-corrected chi connectivity index (χ4v) is 2.31. The molecule has 20 heavy (non-hydrogen) atoms. The Balaban J connectivity index is 1.85. The molecular weight excluding hydrogens is 315 g/mol. The highest BCUT2D eigenvalue weighted by atomic mass is 79.9. The van der Waals surface area contributed by atoms with Crippen LogP contribution < -0.4 is 14.8 Å². The van der Waals surface area contributed by atoms with E-state index in [9.17, 15) is 0 Å². The zero-order valence-electron chi connectivity index (χ0n) is 10.5. The molecule has 92 valence electrons. The summed E-state index contributed by atoms with van der Waals surface area (Å²) < 4.78 is 12.3. The fraction of sp³-hybridized carbons (Fsp3) is 0.364. The van der Waals surface area contributed by atoms with Crippen LogP contribution in [0.3, 0.4) is 0 Å². The summed E-state index contributed by atoms with van der Waals surface area (Å²) in [5.41, 5.74) is 0. The largest absolute Gasteiger partial charge is 0.485 e. The van der Waals surface area contributed by atoms with E-state index in [1.807, 2.05) is 12.1 Å². The van der Waals surface area contributed by atoms with E-state index in [1.54, 1.807) is 6.07 Å². The number of hydrogen-bond acceptors (Lipinski definition) is 4. The molecular formula is C11H7B4BrN2O2. The van der Waals surface area contributed by atoms with Gasteiger partial charge in [0.2, 0.25) is 0 Å². The summed E-state index contributed by atoms with van der Waals surface area (Å²) in [5, 5.41) is -0.372. The van der Waals surface area contributed by atoms with Crippen LogP contribution in [0.15, 0.2) is 27.7 Å². The first-order chi connectivity index (χ1) is 9.28. The lowest BCUT2D eigenvalue weighted by atomic mass is 9.39. The molecule has 2 aliphatic rings. The molecule has 1 aromatic rings. The molecule has 8 radical (unpaired) electrons. The predicted octanol–water partition coefficient (Wildman–Crippen LogP) is -0.428. The Labute approximate surface area is 130 Å². The number of rotatable bonds is 1. The molecule has 1 N–H and O–H groups in total. The van der Waals surface area contributed by atoms with Crippen LogP contribution in [0.25, 0.3) is 0 Å². The highest BCUT2D eigenvalue weighted by Gasteiger charge is 2.43. The lowest BCUT2D eigenvalue weighted by molar-refractivity contribution is 0.133. The molecule has 2 heterocycles. The number of nitrogens with zero attached hydrogens (tertiary/aromatic N) is 1. The number of amidine groups is 1. The zero-order chi connectivity index (χ0) is 14.5. The van der Waals surface area contributed by atoms with Gasteiger partial charge in [-0.05, 0) is 28.9 Å². The van der Waals surface area contributed by atoms with Crippen molar-refractivity contribution in [3.05, 3.63) is 22.7 Å². The van der Waals surface area contributed by atoms with E-state index in [0.29, 0.717) is 17.3 Å². The number of nitrogens with one attached hydrogen (secondary N) is 1. The van der Waals surface area contributed by atoms with Crippen molar-refractivity contribution in [2.45, 2.75) is 16.8 Å². The van der Waals surface area contributed by atoms with Crippen molar-refractivity contribution in [2.24, 2.45) is 4.99 Å². The van der Waals surface area contributed by atoms with Gasteiger partial charge in [0.05, 0.1) is 31.4 Å². The molecule has 3 rings (SSSR count). The molecule has 1 aromatic carbocycles. The SMILES string of the molecule is [B]C1([B])N=C(C2COc3ccc(Br)cc3O2)NC1([B])[B]. The third kappa shape index (κ3) is 2.26. The van der Waals surface area contributed by atoms with Gasteiger partial charge in [0.25, 0.3) is 0 Å². The topological polar surface area (TPSA) is 42.9 Å². The Morgan fingerprint density at radius 1 is 1.25 bits per heavy atom. The van der Waals surface area contributed by atoms with Crippen LogP contribution in [-0.4, -0.2) is 60.6 Å². The molecule has 4 nitrogen and oxygen atoms in total. The normalized spacial score (nSPS) is 25.6. The number of ether oxygens (including phenoxy) is 2. The lowest BCUT2D eigenvalue weighted by Crippen LogP contribution is -2.61. The Hall–Kier alpha value is -0.970. The summed E-state index contributed by atoms with van der Waals surface area (Å²) in [6.07, 6.45) is -0.503. The summed E-state index contributed by atoms with van der Waals surface area (Å²) in [4.78, 5) is 4.09. The number of aliphatic imine (C=N–C) groups is 1. The summed E-state index contributed by atoms with van der Waals surface area (Å²) in [5.74, 6) is 1.61. The predicted molar refractivity (Wildman–Crippen MR) is 83.1 cm³/mol. The Morgan fingerprint density at radius 2 is 2.00 bits per heavy atom. The molecule has 0 spiro atoms.